The van der Waals surface area contributed by atoms with Crippen LogP contribution in [0.4, 0.5) is 0 Å². The second kappa shape index (κ2) is 14.8. The Morgan fingerprint density at radius 3 is 2.53 bits per heavy atom. The maximum atomic E-state index is 10.5. The number of carbonyl (C=O) groups is 1. The van der Waals surface area contributed by atoms with Gasteiger partial charge in [0.1, 0.15) is 13.2 Å². The van der Waals surface area contributed by atoms with Crippen molar-refractivity contribution in [3.8, 4) is 11.8 Å². The standard InChI is InChI=1S/C16H26O3/c1-3-4-5-6-7-8-9-10-13-18-14-11-12-15-19-16(2)17/h11-12H,3-8,13-15H2,1-2H3/b12-11+. The molecule has 0 aliphatic carbocycles. The highest BCUT2D eigenvalue weighted by molar-refractivity contribution is 5.65. The average Bonchev–Trinajstić information content (AvgIpc) is 2.39. The fraction of sp³-hybridized carbons (Fsp3) is 0.688. The van der Waals surface area contributed by atoms with Gasteiger partial charge in [-0.05, 0) is 12.5 Å². The lowest BCUT2D eigenvalue weighted by atomic mass is 10.1. The van der Waals surface area contributed by atoms with Crippen LogP contribution >= 0.6 is 0 Å². The van der Waals surface area contributed by atoms with E-state index in [0.717, 1.165) is 6.42 Å². The van der Waals surface area contributed by atoms with E-state index < -0.39 is 0 Å². The van der Waals surface area contributed by atoms with Crippen LogP contribution in [-0.4, -0.2) is 25.8 Å². The van der Waals surface area contributed by atoms with Crippen molar-refractivity contribution in [2.45, 2.75) is 52.4 Å². The van der Waals surface area contributed by atoms with E-state index in [0.29, 0.717) is 19.8 Å². The van der Waals surface area contributed by atoms with Crippen LogP contribution in [0.5, 0.6) is 0 Å². The van der Waals surface area contributed by atoms with E-state index in [1.165, 1.54) is 39.0 Å². The first-order valence-corrected chi connectivity index (χ1v) is 7.09. The van der Waals surface area contributed by atoms with Crippen LogP contribution in [0.1, 0.15) is 52.4 Å². The second-order valence-electron chi connectivity index (χ2n) is 4.31. The van der Waals surface area contributed by atoms with Gasteiger partial charge in [0.2, 0.25) is 0 Å². The fourth-order valence-corrected chi connectivity index (χ4v) is 1.44. The topological polar surface area (TPSA) is 35.5 Å². The lowest BCUT2D eigenvalue weighted by molar-refractivity contribution is -0.139. The van der Waals surface area contributed by atoms with E-state index in [4.69, 9.17) is 9.47 Å². The molecular weight excluding hydrogens is 240 g/mol. The Morgan fingerprint density at radius 2 is 1.79 bits per heavy atom. The molecule has 0 saturated carbocycles. The Hall–Kier alpha value is -1.27. The van der Waals surface area contributed by atoms with Crippen LogP contribution in [-0.2, 0) is 14.3 Å². The smallest absolute Gasteiger partial charge is 0.302 e. The van der Waals surface area contributed by atoms with Crippen LogP contribution in [0.3, 0.4) is 0 Å². The summed E-state index contributed by atoms with van der Waals surface area (Å²) in [6.07, 6.45) is 11.0. The Balaban J connectivity index is 3.23. The lowest BCUT2D eigenvalue weighted by Gasteiger charge is -1.96. The predicted octanol–water partition coefficient (Wildman–Crippen LogP) is 3.49. The van der Waals surface area contributed by atoms with Gasteiger partial charge in [0.05, 0.1) is 6.61 Å². The molecular formula is C16H26O3. The van der Waals surface area contributed by atoms with Crippen LogP contribution in [0.2, 0.25) is 0 Å². The summed E-state index contributed by atoms with van der Waals surface area (Å²) in [5.74, 6) is 5.84. The van der Waals surface area contributed by atoms with Gasteiger partial charge < -0.3 is 9.47 Å². The quantitative estimate of drug-likeness (QED) is 0.263. The number of carbonyl (C=O) groups excluding carboxylic acids is 1. The van der Waals surface area contributed by atoms with Crippen molar-refractivity contribution >= 4 is 5.97 Å². The van der Waals surface area contributed by atoms with Crippen molar-refractivity contribution in [3.63, 3.8) is 0 Å². The molecule has 0 N–H and O–H groups in total. The number of rotatable bonds is 10. The van der Waals surface area contributed by atoms with E-state index in [1.54, 1.807) is 6.08 Å². The van der Waals surface area contributed by atoms with E-state index in [9.17, 15) is 4.79 Å². The summed E-state index contributed by atoms with van der Waals surface area (Å²) >= 11 is 0. The van der Waals surface area contributed by atoms with Crippen LogP contribution < -0.4 is 0 Å². The Kier molecular flexibility index (Phi) is 13.8. The van der Waals surface area contributed by atoms with Crippen LogP contribution in [0.15, 0.2) is 12.2 Å². The monoisotopic (exact) mass is 266 g/mol. The molecule has 0 aromatic rings. The third kappa shape index (κ3) is 16.7. The molecule has 0 rings (SSSR count). The summed E-state index contributed by atoms with van der Waals surface area (Å²) < 4.78 is 10.0. The highest BCUT2D eigenvalue weighted by atomic mass is 16.5. The molecule has 3 nitrogen and oxygen atoms in total. The average molecular weight is 266 g/mol. The van der Waals surface area contributed by atoms with Gasteiger partial charge in [0.15, 0.2) is 0 Å². The van der Waals surface area contributed by atoms with E-state index >= 15 is 0 Å². The number of esters is 1. The summed E-state index contributed by atoms with van der Waals surface area (Å²) in [6, 6.07) is 0. The summed E-state index contributed by atoms with van der Waals surface area (Å²) in [5, 5.41) is 0. The molecule has 0 atom stereocenters. The molecule has 108 valence electrons. The van der Waals surface area contributed by atoms with Gasteiger partial charge in [-0.1, -0.05) is 44.6 Å². The van der Waals surface area contributed by atoms with Gasteiger partial charge in [0, 0.05) is 13.3 Å². The second-order valence-corrected chi connectivity index (χ2v) is 4.31. The SMILES string of the molecule is CCCCCCCC#CCOC/C=C/COC(C)=O. The van der Waals surface area contributed by atoms with Crippen LogP contribution in [0, 0.1) is 11.8 Å². The zero-order valence-electron chi connectivity index (χ0n) is 12.2. The number of unbranched alkanes of at least 4 members (excludes halogenated alkanes) is 5. The van der Waals surface area contributed by atoms with Gasteiger partial charge in [0.25, 0.3) is 0 Å². The summed E-state index contributed by atoms with van der Waals surface area (Å²) in [5.41, 5.74) is 0. The van der Waals surface area contributed by atoms with Crippen LogP contribution in [0.25, 0.3) is 0 Å². The van der Waals surface area contributed by atoms with Gasteiger partial charge in [-0.3, -0.25) is 4.79 Å². The van der Waals surface area contributed by atoms with E-state index in [-0.39, 0.29) is 5.97 Å². The maximum absolute atomic E-state index is 10.5. The minimum atomic E-state index is -0.268. The highest BCUT2D eigenvalue weighted by Gasteiger charge is 1.87. The third-order valence-electron chi connectivity index (χ3n) is 2.47. The molecule has 0 bridgehead atoms. The highest BCUT2D eigenvalue weighted by Crippen LogP contribution is 2.03. The Labute approximate surface area is 117 Å². The normalized spacial score (nSPS) is 10.2. The molecule has 0 heterocycles. The fourth-order valence-electron chi connectivity index (χ4n) is 1.44. The first kappa shape index (κ1) is 17.7. The van der Waals surface area contributed by atoms with Gasteiger partial charge in [-0.25, -0.2) is 0 Å². The van der Waals surface area contributed by atoms with Crippen molar-refractivity contribution < 1.29 is 14.3 Å². The molecule has 19 heavy (non-hydrogen) atoms. The van der Waals surface area contributed by atoms with E-state index in [1.807, 2.05) is 6.08 Å². The first-order chi connectivity index (χ1) is 9.27. The summed E-state index contributed by atoms with van der Waals surface area (Å²) in [4.78, 5) is 10.5. The van der Waals surface area contributed by atoms with Crippen molar-refractivity contribution in [1.82, 2.24) is 0 Å². The number of hydrogen-bond acceptors (Lipinski definition) is 3. The molecule has 0 amide bonds. The molecule has 0 aromatic heterocycles. The molecule has 0 aliphatic heterocycles. The summed E-state index contributed by atoms with van der Waals surface area (Å²) in [6.45, 7) is 4.89. The first-order valence-electron chi connectivity index (χ1n) is 7.09. The minimum Gasteiger partial charge on any atom is -0.462 e. The molecule has 0 unspecified atom stereocenters. The molecule has 3 heteroatoms. The Morgan fingerprint density at radius 1 is 1.05 bits per heavy atom. The Bertz CT molecular complexity index is 297. The maximum Gasteiger partial charge on any atom is 0.302 e. The molecule has 0 saturated heterocycles. The van der Waals surface area contributed by atoms with E-state index in [2.05, 4.69) is 18.8 Å². The van der Waals surface area contributed by atoms with Gasteiger partial charge >= 0.3 is 5.97 Å². The molecule has 0 radical (unpaired) electrons. The number of ether oxygens (including phenoxy) is 2. The zero-order valence-corrected chi connectivity index (χ0v) is 12.2. The zero-order chi connectivity index (χ0) is 14.2. The summed E-state index contributed by atoms with van der Waals surface area (Å²) in [7, 11) is 0. The van der Waals surface area contributed by atoms with Gasteiger partial charge in [-0.15, -0.1) is 5.92 Å². The predicted molar refractivity (Wildman–Crippen MR) is 77.7 cm³/mol. The minimum absolute atomic E-state index is 0.268. The van der Waals surface area contributed by atoms with Gasteiger partial charge in [-0.2, -0.15) is 0 Å². The molecule has 0 aliphatic rings. The lowest BCUT2D eigenvalue weighted by Crippen LogP contribution is -1.98. The molecule has 0 fully saturated rings. The largest absolute Gasteiger partial charge is 0.462 e. The van der Waals surface area contributed by atoms with Crippen molar-refractivity contribution in [3.05, 3.63) is 12.2 Å². The van der Waals surface area contributed by atoms with Crippen molar-refractivity contribution in [2.24, 2.45) is 0 Å². The number of hydrogen-bond donors (Lipinski definition) is 0. The molecule has 0 aromatic carbocycles. The van der Waals surface area contributed by atoms with Crippen molar-refractivity contribution in [2.75, 3.05) is 19.8 Å². The third-order valence-corrected chi connectivity index (χ3v) is 2.47. The van der Waals surface area contributed by atoms with Crippen molar-refractivity contribution in [1.29, 1.82) is 0 Å². The molecule has 0 spiro atoms.